The highest BCUT2D eigenvalue weighted by molar-refractivity contribution is 14.0. The molecule has 1 aromatic carbocycles. The van der Waals surface area contributed by atoms with Crippen LogP contribution in [0.15, 0.2) is 29.3 Å². The fourth-order valence-electron chi connectivity index (χ4n) is 3.00. The third kappa shape index (κ3) is 7.81. The summed E-state index contributed by atoms with van der Waals surface area (Å²) in [6.45, 7) is 6.80. The molecule has 5 nitrogen and oxygen atoms in total. The van der Waals surface area contributed by atoms with E-state index in [9.17, 15) is 0 Å². The second-order valence-electron chi connectivity index (χ2n) is 6.42. The molecule has 0 amide bonds. The Morgan fingerprint density at radius 1 is 1.32 bits per heavy atom. The van der Waals surface area contributed by atoms with Gasteiger partial charge in [-0.1, -0.05) is 19.1 Å². The van der Waals surface area contributed by atoms with Crippen molar-refractivity contribution in [2.75, 3.05) is 40.4 Å². The van der Waals surface area contributed by atoms with Crippen molar-refractivity contribution < 1.29 is 9.47 Å². The van der Waals surface area contributed by atoms with Crippen molar-refractivity contribution in [3.05, 3.63) is 29.8 Å². The Morgan fingerprint density at radius 2 is 2.08 bits per heavy atom. The zero-order chi connectivity index (χ0) is 17.2. The SMILES string of the molecule is CN=C(NCCCOCc1ccc(OC)cc1)N1CCCC(C)C1.I. The lowest BCUT2D eigenvalue weighted by Crippen LogP contribution is -2.46. The molecule has 2 rings (SSSR count). The molecular weight excluding hydrogens is 429 g/mol. The van der Waals surface area contributed by atoms with Crippen molar-refractivity contribution in [1.29, 1.82) is 0 Å². The second-order valence-corrected chi connectivity index (χ2v) is 6.42. The number of likely N-dealkylation sites (tertiary alicyclic amines) is 1. The van der Waals surface area contributed by atoms with E-state index in [1.807, 2.05) is 31.3 Å². The third-order valence-corrected chi connectivity index (χ3v) is 4.34. The summed E-state index contributed by atoms with van der Waals surface area (Å²) < 4.78 is 10.9. The molecule has 1 heterocycles. The molecule has 6 heteroatoms. The van der Waals surface area contributed by atoms with Gasteiger partial charge in [0.2, 0.25) is 0 Å². The number of aliphatic imine (C=N–C) groups is 1. The Hall–Kier alpha value is -1.02. The minimum absolute atomic E-state index is 0. The molecule has 1 N–H and O–H groups in total. The maximum absolute atomic E-state index is 5.74. The molecule has 1 aliphatic rings. The molecule has 142 valence electrons. The van der Waals surface area contributed by atoms with Gasteiger partial charge in [0.1, 0.15) is 5.75 Å². The number of ether oxygens (including phenoxy) is 2. The zero-order valence-corrected chi connectivity index (χ0v) is 18.0. The number of benzene rings is 1. The van der Waals surface area contributed by atoms with Crippen molar-refractivity contribution in [3.8, 4) is 5.75 Å². The Labute approximate surface area is 169 Å². The molecule has 0 aliphatic carbocycles. The zero-order valence-electron chi connectivity index (χ0n) is 15.7. The maximum atomic E-state index is 5.74. The molecule has 0 spiro atoms. The Morgan fingerprint density at radius 3 is 2.72 bits per heavy atom. The van der Waals surface area contributed by atoms with Crippen molar-refractivity contribution in [2.45, 2.75) is 32.8 Å². The van der Waals surface area contributed by atoms with E-state index in [1.165, 1.54) is 18.4 Å². The number of guanidine groups is 1. The largest absolute Gasteiger partial charge is 0.497 e. The number of halogens is 1. The van der Waals surface area contributed by atoms with E-state index in [1.54, 1.807) is 7.11 Å². The van der Waals surface area contributed by atoms with Crippen LogP contribution in [0.4, 0.5) is 0 Å². The maximum Gasteiger partial charge on any atom is 0.193 e. The number of methoxy groups -OCH3 is 1. The number of rotatable bonds is 7. The standard InChI is InChI=1S/C19H31N3O2.HI/c1-16-6-4-12-22(14-16)19(20-2)21-11-5-13-24-15-17-7-9-18(23-3)10-8-17;/h7-10,16H,4-6,11-15H2,1-3H3,(H,20,21);1H. The minimum atomic E-state index is 0. The predicted octanol–water partition coefficient (Wildman–Crippen LogP) is 3.53. The normalized spacial score (nSPS) is 17.8. The fraction of sp³-hybridized carbons (Fsp3) is 0.632. The minimum Gasteiger partial charge on any atom is -0.497 e. The van der Waals surface area contributed by atoms with Gasteiger partial charge in [0.15, 0.2) is 5.96 Å². The van der Waals surface area contributed by atoms with Gasteiger partial charge in [0.05, 0.1) is 13.7 Å². The van der Waals surface area contributed by atoms with E-state index < -0.39 is 0 Å². The first-order chi connectivity index (χ1) is 11.7. The molecule has 0 saturated carbocycles. The lowest BCUT2D eigenvalue weighted by molar-refractivity contribution is 0.119. The Kier molecular flexibility index (Phi) is 10.9. The van der Waals surface area contributed by atoms with Crippen LogP contribution < -0.4 is 10.1 Å². The first-order valence-corrected chi connectivity index (χ1v) is 8.89. The van der Waals surface area contributed by atoms with E-state index in [4.69, 9.17) is 9.47 Å². The smallest absolute Gasteiger partial charge is 0.193 e. The van der Waals surface area contributed by atoms with Crippen LogP contribution in [-0.2, 0) is 11.3 Å². The Bertz CT molecular complexity index is 508. The van der Waals surface area contributed by atoms with E-state index in [0.29, 0.717) is 6.61 Å². The van der Waals surface area contributed by atoms with Gasteiger partial charge in [-0.2, -0.15) is 0 Å². The van der Waals surface area contributed by atoms with Crippen molar-refractivity contribution in [1.82, 2.24) is 10.2 Å². The number of hydrogen-bond acceptors (Lipinski definition) is 3. The summed E-state index contributed by atoms with van der Waals surface area (Å²) in [6.07, 6.45) is 3.55. The Balaban J connectivity index is 0.00000312. The third-order valence-electron chi connectivity index (χ3n) is 4.34. The quantitative estimate of drug-likeness (QED) is 0.292. The van der Waals surface area contributed by atoms with Crippen LogP contribution in [0.2, 0.25) is 0 Å². The number of nitrogens with one attached hydrogen (secondary N) is 1. The first kappa shape index (κ1) is 22.0. The van der Waals surface area contributed by atoms with Crippen LogP contribution in [0.5, 0.6) is 5.75 Å². The number of hydrogen-bond donors (Lipinski definition) is 1. The van der Waals surface area contributed by atoms with Gasteiger partial charge in [0, 0.05) is 33.3 Å². The average Bonchev–Trinajstić information content (AvgIpc) is 2.61. The molecule has 1 aliphatic heterocycles. The van der Waals surface area contributed by atoms with Crippen LogP contribution in [0.3, 0.4) is 0 Å². The predicted molar refractivity (Wildman–Crippen MR) is 114 cm³/mol. The molecule has 1 atom stereocenters. The van der Waals surface area contributed by atoms with Crippen molar-refractivity contribution in [2.24, 2.45) is 10.9 Å². The molecule has 0 bridgehead atoms. The molecular formula is C19H32IN3O2. The fourth-order valence-corrected chi connectivity index (χ4v) is 3.00. The summed E-state index contributed by atoms with van der Waals surface area (Å²) in [6, 6.07) is 8.00. The van der Waals surface area contributed by atoms with Crippen LogP contribution in [-0.4, -0.2) is 51.3 Å². The summed E-state index contributed by atoms with van der Waals surface area (Å²) in [5.74, 6) is 2.66. The number of piperidine rings is 1. The van der Waals surface area contributed by atoms with Gasteiger partial charge in [0.25, 0.3) is 0 Å². The average molecular weight is 461 g/mol. The van der Waals surface area contributed by atoms with E-state index in [0.717, 1.165) is 50.3 Å². The molecule has 25 heavy (non-hydrogen) atoms. The molecule has 1 saturated heterocycles. The van der Waals surface area contributed by atoms with Gasteiger partial charge >= 0.3 is 0 Å². The van der Waals surface area contributed by atoms with Gasteiger partial charge in [-0.25, -0.2) is 0 Å². The van der Waals surface area contributed by atoms with Crippen LogP contribution in [0.1, 0.15) is 31.7 Å². The van der Waals surface area contributed by atoms with Gasteiger partial charge in [-0.3, -0.25) is 4.99 Å². The summed E-state index contributed by atoms with van der Waals surface area (Å²) >= 11 is 0. The summed E-state index contributed by atoms with van der Waals surface area (Å²) in [4.78, 5) is 6.77. The summed E-state index contributed by atoms with van der Waals surface area (Å²) in [5, 5.41) is 3.45. The highest BCUT2D eigenvalue weighted by Gasteiger charge is 2.18. The lowest BCUT2D eigenvalue weighted by Gasteiger charge is -2.33. The topological polar surface area (TPSA) is 46.1 Å². The highest BCUT2D eigenvalue weighted by Crippen LogP contribution is 2.15. The van der Waals surface area contributed by atoms with Crippen LogP contribution in [0.25, 0.3) is 0 Å². The van der Waals surface area contributed by atoms with Gasteiger partial charge in [-0.05, 0) is 42.9 Å². The first-order valence-electron chi connectivity index (χ1n) is 8.89. The molecule has 1 fully saturated rings. The van der Waals surface area contributed by atoms with Gasteiger partial charge < -0.3 is 19.7 Å². The van der Waals surface area contributed by atoms with Crippen LogP contribution >= 0.6 is 24.0 Å². The molecule has 1 unspecified atom stereocenters. The highest BCUT2D eigenvalue weighted by atomic mass is 127. The number of nitrogens with zero attached hydrogens (tertiary/aromatic N) is 2. The molecule has 0 aromatic heterocycles. The summed E-state index contributed by atoms with van der Waals surface area (Å²) in [7, 11) is 3.54. The van der Waals surface area contributed by atoms with Crippen molar-refractivity contribution >= 4 is 29.9 Å². The van der Waals surface area contributed by atoms with E-state index in [-0.39, 0.29) is 24.0 Å². The molecule has 0 radical (unpaired) electrons. The lowest BCUT2D eigenvalue weighted by atomic mass is 10.0. The summed E-state index contributed by atoms with van der Waals surface area (Å²) in [5.41, 5.74) is 1.17. The van der Waals surface area contributed by atoms with Crippen LogP contribution in [0, 0.1) is 5.92 Å². The van der Waals surface area contributed by atoms with E-state index in [2.05, 4.69) is 22.1 Å². The second kappa shape index (κ2) is 12.4. The monoisotopic (exact) mass is 461 g/mol. The van der Waals surface area contributed by atoms with Gasteiger partial charge in [-0.15, -0.1) is 24.0 Å². The van der Waals surface area contributed by atoms with Crippen molar-refractivity contribution in [3.63, 3.8) is 0 Å². The van der Waals surface area contributed by atoms with E-state index >= 15 is 0 Å². The molecule has 1 aromatic rings.